The van der Waals surface area contributed by atoms with Gasteiger partial charge in [-0.3, -0.25) is 0 Å². The molecule has 0 atom stereocenters. The van der Waals surface area contributed by atoms with Gasteiger partial charge in [0.05, 0.1) is 0 Å². The average molecular weight is 203 g/mol. The van der Waals surface area contributed by atoms with E-state index in [1.807, 2.05) is 0 Å². The van der Waals surface area contributed by atoms with E-state index in [4.69, 9.17) is 0 Å². The Labute approximate surface area is 92.9 Å². The van der Waals surface area contributed by atoms with Gasteiger partial charge in [-0.25, -0.2) is 0 Å². The van der Waals surface area contributed by atoms with E-state index in [0.717, 1.165) is 12.0 Å². The molecule has 1 aliphatic rings. The lowest BCUT2D eigenvalue weighted by molar-refractivity contribution is 0.235. The van der Waals surface area contributed by atoms with Gasteiger partial charge in [-0.1, -0.05) is 30.3 Å². The third-order valence-corrected chi connectivity index (χ3v) is 3.05. The van der Waals surface area contributed by atoms with Crippen molar-refractivity contribution >= 4 is 0 Å². The van der Waals surface area contributed by atoms with Crippen LogP contribution in [0.3, 0.4) is 0 Å². The van der Waals surface area contributed by atoms with E-state index >= 15 is 0 Å². The van der Waals surface area contributed by atoms with Gasteiger partial charge < -0.3 is 5.32 Å². The summed E-state index contributed by atoms with van der Waals surface area (Å²) < 4.78 is 0. The molecule has 1 heteroatoms. The molecule has 0 bridgehead atoms. The van der Waals surface area contributed by atoms with Crippen molar-refractivity contribution in [1.82, 2.24) is 5.32 Å². The molecular weight excluding hydrogens is 182 g/mol. The minimum atomic E-state index is 0.256. The molecule has 1 aromatic rings. The highest BCUT2D eigenvalue weighted by atomic mass is 15.0. The molecule has 1 saturated carbocycles. The molecule has 15 heavy (non-hydrogen) atoms. The van der Waals surface area contributed by atoms with Crippen LogP contribution in [0.25, 0.3) is 0 Å². The molecule has 1 aliphatic carbocycles. The highest BCUT2D eigenvalue weighted by molar-refractivity contribution is 5.22. The fraction of sp³-hybridized carbons (Fsp3) is 0.571. The second-order valence-electron chi connectivity index (χ2n) is 5.67. The topological polar surface area (TPSA) is 12.0 Å². The number of hydrogen-bond donors (Lipinski definition) is 1. The Balaban J connectivity index is 1.84. The fourth-order valence-corrected chi connectivity index (χ4v) is 2.35. The van der Waals surface area contributed by atoms with E-state index in [1.165, 1.54) is 18.4 Å². The van der Waals surface area contributed by atoms with Crippen LogP contribution in [-0.4, -0.2) is 11.6 Å². The maximum atomic E-state index is 3.66. The Morgan fingerprint density at radius 2 is 1.67 bits per heavy atom. The van der Waals surface area contributed by atoms with Crippen LogP contribution in [0, 0.1) is 0 Å². The Hall–Kier alpha value is -0.820. The Bertz CT molecular complexity index is 304. The quantitative estimate of drug-likeness (QED) is 0.777. The first-order valence-electron chi connectivity index (χ1n) is 5.87. The van der Waals surface area contributed by atoms with Gasteiger partial charge in [0.2, 0.25) is 0 Å². The molecule has 2 rings (SSSR count). The van der Waals surface area contributed by atoms with E-state index in [1.54, 1.807) is 0 Å². The van der Waals surface area contributed by atoms with Crippen LogP contribution in [-0.2, 0) is 0 Å². The summed E-state index contributed by atoms with van der Waals surface area (Å²) in [6.45, 7) is 6.72. The standard InChI is InChI=1S/C14H21N/c1-14(2,3)15-13-9-12(10-13)11-7-5-4-6-8-11/h4-8,12-13,15H,9-10H2,1-3H3. The zero-order valence-electron chi connectivity index (χ0n) is 9.96. The number of nitrogens with one attached hydrogen (secondary N) is 1. The molecule has 1 aromatic carbocycles. The minimum Gasteiger partial charge on any atom is -0.309 e. The van der Waals surface area contributed by atoms with Gasteiger partial charge in [-0.05, 0) is 45.1 Å². The van der Waals surface area contributed by atoms with Crippen LogP contribution < -0.4 is 5.32 Å². The molecule has 0 spiro atoms. The highest BCUT2D eigenvalue weighted by Crippen LogP contribution is 2.37. The van der Waals surface area contributed by atoms with Crippen LogP contribution in [0.15, 0.2) is 30.3 Å². The first kappa shape index (κ1) is 10.7. The molecule has 1 fully saturated rings. The molecule has 0 aromatic heterocycles. The summed E-state index contributed by atoms with van der Waals surface area (Å²) in [6, 6.07) is 11.6. The van der Waals surface area contributed by atoms with E-state index in [9.17, 15) is 0 Å². The van der Waals surface area contributed by atoms with Gasteiger partial charge in [0.15, 0.2) is 0 Å². The van der Waals surface area contributed by atoms with Crippen LogP contribution in [0.5, 0.6) is 0 Å². The first-order valence-corrected chi connectivity index (χ1v) is 5.87. The highest BCUT2D eigenvalue weighted by Gasteiger charge is 2.32. The molecule has 0 saturated heterocycles. The summed E-state index contributed by atoms with van der Waals surface area (Å²) in [6.07, 6.45) is 2.59. The van der Waals surface area contributed by atoms with Gasteiger partial charge in [0, 0.05) is 11.6 Å². The molecule has 1 nitrogen and oxygen atoms in total. The van der Waals surface area contributed by atoms with Gasteiger partial charge in [0.1, 0.15) is 0 Å². The molecule has 0 heterocycles. The number of hydrogen-bond acceptors (Lipinski definition) is 1. The van der Waals surface area contributed by atoms with Crippen LogP contribution in [0.4, 0.5) is 0 Å². The second kappa shape index (κ2) is 3.97. The Kier molecular flexibility index (Phi) is 2.83. The van der Waals surface area contributed by atoms with Crippen molar-refractivity contribution in [2.75, 3.05) is 0 Å². The van der Waals surface area contributed by atoms with Crippen LogP contribution in [0.1, 0.15) is 45.1 Å². The van der Waals surface area contributed by atoms with E-state index in [2.05, 4.69) is 56.4 Å². The molecule has 0 radical (unpaired) electrons. The van der Waals surface area contributed by atoms with Crippen molar-refractivity contribution in [2.24, 2.45) is 0 Å². The largest absolute Gasteiger partial charge is 0.309 e. The Morgan fingerprint density at radius 3 is 2.20 bits per heavy atom. The minimum absolute atomic E-state index is 0.256. The first-order chi connectivity index (χ1) is 7.04. The summed E-state index contributed by atoms with van der Waals surface area (Å²) >= 11 is 0. The SMILES string of the molecule is CC(C)(C)NC1CC(c2ccccc2)C1. The summed E-state index contributed by atoms with van der Waals surface area (Å²) in [5, 5.41) is 3.66. The van der Waals surface area contributed by atoms with E-state index < -0.39 is 0 Å². The molecule has 0 aliphatic heterocycles. The lowest BCUT2D eigenvalue weighted by Gasteiger charge is -2.40. The van der Waals surface area contributed by atoms with Crippen molar-refractivity contribution in [2.45, 2.75) is 51.1 Å². The third-order valence-electron chi connectivity index (χ3n) is 3.05. The lowest BCUT2D eigenvalue weighted by Crippen LogP contribution is -2.49. The molecule has 0 amide bonds. The monoisotopic (exact) mass is 203 g/mol. The average Bonchev–Trinajstić information content (AvgIpc) is 2.11. The van der Waals surface area contributed by atoms with Crippen molar-refractivity contribution < 1.29 is 0 Å². The van der Waals surface area contributed by atoms with Crippen molar-refractivity contribution in [3.63, 3.8) is 0 Å². The van der Waals surface area contributed by atoms with Gasteiger partial charge in [0.25, 0.3) is 0 Å². The van der Waals surface area contributed by atoms with Gasteiger partial charge in [-0.15, -0.1) is 0 Å². The van der Waals surface area contributed by atoms with Gasteiger partial charge in [-0.2, -0.15) is 0 Å². The summed E-state index contributed by atoms with van der Waals surface area (Å²) in [5.41, 5.74) is 1.76. The predicted octanol–water partition coefficient (Wildman–Crippen LogP) is 3.32. The van der Waals surface area contributed by atoms with E-state index in [-0.39, 0.29) is 5.54 Å². The smallest absolute Gasteiger partial charge is 0.00991 e. The zero-order valence-corrected chi connectivity index (χ0v) is 9.96. The normalized spacial score (nSPS) is 26.1. The Morgan fingerprint density at radius 1 is 1.07 bits per heavy atom. The van der Waals surface area contributed by atoms with Crippen molar-refractivity contribution in [1.29, 1.82) is 0 Å². The summed E-state index contributed by atoms with van der Waals surface area (Å²) in [4.78, 5) is 0. The molecular formula is C14H21N. The number of rotatable bonds is 2. The van der Waals surface area contributed by atoms with E-state index in [0.29, 0.717) is 0 Å². The molecule has 82 valence electrons. The zero-order chi connectivity index (χ0) is 10.9. The fourth-order valence-electron chi connectivity index (χ4n) is 2.35. The third kappa shape index (κ3) is 2.82. The van der Waals surface area contributed by atoms with Crippen molar-refractivity contribution in [3.8, 4) is 0 Å². The molecule has 1 N–H and O–H groups in total. The number of benzene rings is 1. The maximum absolute atomic E-state index is 3.66. The second-order valence-corrected chi connectivity index (χ2v) is 5.67. The van der Waals surface area contributed by atoms with Crippen LogP contribution in [0.2, 0.25) is 0 Å². The van der Waals surface area contributed by atoms with Gasteiger partial charge >= 0.3 is 0 Å². The molecule has 0 unspecified atom stereocenters. The summed E-state index contributed by atoms with van der Waals surface area (Å²) in [5.74, 6) is 0.783. The summed E-state index contributed by atoms with van der Waals surface area (Å²) in [7, 11) is 0. The van der Waals surface area contributed by atoms with Crippen LogP contribution >= 0.6 is 0 Å². The predicted molar refractivity (Wildman–Crippen MR) is 65.1 cm³/mol. The lowest BCUT2D eigenvalue weighted by atomic mass is 9.75. The maximum Gasteiger partial charge on any atom is 0.00991 e. The van der Waals surface area contributed by atoms with Crippen molar-refractivity contribution in [3.05, 3.63) is 35.9 Å².